The third-order valence-corrected chi connectivity index (χ3v) is 8.77. The summed E-state index contributed by atoms with van der Waals surface area (Å²) in [4.78, 5) is 42.9. The summed E-state index contributed by atoms with van der Waals surface area (Å²) in [7, 11) is 0. The van der Waals surface area contributed by atoms with E-state index in [9.17, 15) is 14.4 Å². The van der Waals surface area contributed by atoms with Crippen LogP contribution in [-0.4, -0.2) is 30.7 Å². The molecule has 3 aliphatic carbocycles. The maximum atomic E-state index is 14.3. The highest BCUT2D eigenvalue weighted by molar-refractivity contribution is 6.25. The largest absolute Gasteiger partial charge is 0.454 e. The number of rotatable bonds is 4. The topological polar surface area (TPSA) is 97.3 Å². The van der Waals surface area contributed by atoms with E-state index in [0.717, 1.165) is 22.3 Å². The summed E-state index contributed by atoms with van der Waals surface area (Å²) in [5.41, 5.74) is 6.32. The molecule has 200 valence electrons. The van der Waals surface area contributed by atoms with Gasteiger partial charge in [0.1, 0.15) is 0 Å². The van der Waals surface area contributed by atoms with Crippen LogP contribution in [0.2, 0.25) is 0 Å². The zero-order chi connectivity index (χ0) is 27.7. The van der Waals surface area contributed by atoms with E-state index in [-0.39, 0.29) is 24.5 Å². The van der Waals surface area contributed by atoms with Crippen LogP contribution in [0.25, 0.3) is 0 Å². The SMILES string of the molecule is O=C(N/N=C\C12c3ccccc3C(c3ccccc31)[C@H]1C(=O)N(c3ccccc3)C(=O)[C@@H]12)c1ccc2c(c1)OCO2. The molecule has 8 nitrogen and oxygen atoms in total. The van der Waals surface area contributed by atoms with E-state index >= 15 is 0 Å². The van der Waals surface area contributed by atoms with Crippen molar-refractivity contribution in [3.05, 3.63) is 125 Å². The van der Waals surface area contributed by atoms with Crippen molar-refractivity contribution >= 4 is 29.6 Å². The van der Waals surface area contributed by atoms with E-state index in [1.807, 2.05) is 66.7 Å². The lowest BCUT2D eigenvalue weighted by Crippen LogP contribution is -2.54. The Morgan fingerprint density at radius 2 is 1.49 bits per heavy atom. The summed E-state index contributed by atoms with van der Waals surface area (Å²) in [6.07, 6.45) is 1.66. The molecule has 41 heavy (non-hydrogen) atoms. The van der Waals surface area contributed by atoms with Gasteiger partial charge in [-0.3, -0.25) is 14.4 Å². The van der Waals surface area contributed by atoms with Crippen LogP contribution in [0.5, 0.6) is 11.5 Å². The molecule has 0 saturated carbocycles. The van der Waals surface area contributed by atoms with Gasteiger partial charge in [0, 0.05) is 17.7 Å². The molecule has 8 heteroatoms. The van der Waals surface area contributed by atoms with Crippen LogP contribution in [-0.2, 0) is 15.0 Å². The third kappa shape index (κ3) is 3.15. The number of ether oxygens (including phenoxy) is 2. The summed E-state index contributed by atoms with van der Waals surface area (Å²) in [5.74, 6) is -1.45. The maximum Gasteiger partial charge on any atom is 0.271 e. The Morgan fingerprint density at radius 1 is 0.829 bits per heavy atom. The first-order valence-electron chi connectivity index (χ1n) is 13.5. The van der Waals surface area contributed by atoms with Gasteiger partial charge in [-0.2, -0.15) is 5.10 Å². The first-order chi connectivity index (χ1) is 20.1. The Balaban J connectivity index is 1.27. The van der Waals surface area contributed by atoms with E-state index in [4.69, 9.17) is 9.47 Å². The first-order valence-corrected chi connectivity index (χ1v) is 13.5. The average Bonchev–Trinajstić information content (AvgIpc) is 3.59. The number of carbonyl (C=O) groups excluding carboxylic acids is 3. The van der Waals surface area contributed by atoms with Gasteiger partial charge in [-0.05, 0) is 52.6 Å². The molecule has 9 rings (SSSR count). The number of carbonyl (C=O) groups is 3. The van der Waals surface area contributed by atoms with E-state index in [2.05, 4.69) is 10.5 Å². The second kappa shape index (κ2) is 8.63. The minimum Gasteiger partial charge on any atom is -0.454 e. The molecule has 0 aromatic heterocycles. The fraction of sp³-hybridized carbons (Fsp3) is 0.152. The smallest absolute Gasteiger partial charge is 0.271 e. The molecular formula is C33H23N3O5. The van der Waals surface area contributed by atoms with Crippen LogP contribution in [0.1, 0.15) is 38.5 Å². The Morgan fingerprint density at radius 3 is 2.22 bits per heavy atom. The van der Waals surface area contributed by atoms with Gasteiger partial charge in [0.2, 0.25) is 18.6 Å². The number of hydrazone groups is 1. The van der Waals surface area contributed by atoms with Gasteiger partial charge in [-0.15, -0.1) is 0 Å². The third-order valence-electron chi connectivity index (χ3n) is 8.77. The van der Waals surface area contributed by atoms with Gasteiger partial charge >= 0.3 is 0 Å². The molecule has 2 bridgehead atoms. The van der Waals surface area contributed by atoms with Crippen LogP contribution in [0.4, 0.5) is 5.69 Å². The number of nitrogens with one attached hydrogen (secondary N) is 1. The number of hydrogen-bond donors (Lipinski definition) is 1. The standard InChI is InChI=1S/C33H23N3O5/c37-30(19-14-15-25-26(16-19)41-18-40-25)35-34-17-33-23-12-6-4-10-21(23)27(22-11-5-7-13-24(22)33)28-29(33)32(39)36(31(28)38)20-8-2-1-3-9-20/h1-17,27-29H,18H2,(H,35,37)/b34-17-/t27?,28-,29-,33?/m1/s1. The van der Waals surface area contributed by atoms with E-state index in [1.165, 1.54) is 4.90 Å². The highest BCUT2D eigenvalue weighted by Gasteiger charge is 2.68. The zero-order valence-corrected chi connectivity index (χ0v) is 21.7. The number of fused-ring (bicyclic) bond motifs is 1. The summed E-state index contributed by atoms with van der Waals surface area (Å²) in [6.45, 7) is 0.107. The number of nitrogens with zero attached hydrogens (tertiary/aromatic N) is 2. The molecular weight excluding hydrogens is 518 g/mol. The highest BCUT2D eigenvalue weighted by Crippen LogP contribution is 2.63. The lowest BCUT2D eigenvalue weighted by Gasteiger charge is -2.52. The number of amides is 3. The average molecular weight is 542 g/mol. The lowest BCUT2D eigenvalue weighted by molar-refractivity contribution is -0.122. The molecule has 3 amide bonds. The predicted octanol–water partition coefficient (Wildman–Crippen LogP) is 4.38. The molecule has 1 N–H and O–H groups in total. The van der Waals surface area contributed by atoms with E-state index in [0.29, 0.717) is 22.7 Å². The van der Waals surface area contributed by atoms with Crippen molar-refractivity contribution in [3.8, 4) is 11.5 Å². The lowest BCUT2D eigenvalue weighted by atomic mass is 9.47. The Hall–Kier alpha value is -5.24. The van der Waals surface area contributed by atoms with Crippen LogP contribution >= 0.6 is 0 Å². The molecule has 5 aliphatic rings. The summed E-state index contributed by atoms with van der Waals surface area (Å²) in [5, 5.41) is 4.47. The summed E-state index contributed by atoms with van der Waals surface area (Å²) in [6, 6.07) is 29.8. The van der Waals surface area contributed by atoms with Crippen LogP contribution in [0.3, 0.4) is 0 Å². The monoisotopic (exact) mass is 541 g/mol. The zero-order valence-electron chi connectivity index (χ0n) is 21.7. The normalized spacial score (nSPS) is 24.8. The van der Waals surface area contributed by atoms with Gasteiger partial charge in [0.05, 0.1) is 22.9 Å². The molecule has 0 spiro atoms. The van der Waals surface area contributed by atoms with Crippen molar-refractivity contribution in [2.45, 2.75) is 11.3 Å². The van der Waals surface area contributed by atoms with Crippen molar-refractivity contribution in [1.82, 2.24) is 5.43 Å². The fourth-order valence-corrected chi connectivity index (χ4v) is 7.18. The molecule has 4 aromatic carbocycles. The van der Waals surface area contributed by atoms with Crippen LogP contribution in [0, 0.1) is 11.8 Å². The number of benzene rings is 4. The first kappa shape index (κ1) is 23.6. The van der Waals surface area contributed by atoms with Gasteiger partial charge < -0.3 is 9.47 Å². The second-order valence-electron chi connectivity index (χ2n) is 10.6. The van der Waals surface area contributed by atoms with Gasteiger partial charge in [0.15, 0.2) is 11.5 Å². The minimum atomic E-state index is -1.06. The molecule has 0 radical (unpaired) electrons. The predicted molar refractivity (Wildman–Crippen MR) is 150 cm³/mol. The quantitative estimate of drug-likeness (QED) is 0.235. The number of imide groups is 1. The molecule has 0 unspecified atom stereocenters. The minimum absolute atomic E-state index is 0.107. The summed E-state index contributed by atoms with van der Waals surface area (Å²) < 4.78 is 10.8. The molecule has 2 atom stereocenters. The Bertz CT molecular complexity index is 1750. The van der Waals surface area contributed by atoms with Gasteiger partial charge in [-0.25, -0.2) is 10.3 Å². The number of para-hydroxylation sites is 1. The number of anilines is 1. The highest BCUT2D eigenvalue weighted by atomic mass is 16.7. The molecule has 1 fully saturated rings. The number of hydrogen-bond acceptors (Lipinski definition) is 6. The van der Waals surface area contributed by atoms with Crippen molar-refractivity contribution in [3.63, 3.8) is 0 Å². The van der Waals surface area contributed by atoms with E-state index in [1.54, 1.807) is 36.5 Å². The van der Waals surface area contributed by atoms with Crippen molar-refractivity contribution in [1.29, 1.82) is 0 Å². The maximum absolute atomic E-state index is 14.3. The van der Waals surface area contributed by atoms with Crippen molar-refractivity contribution in [2.75, 3.05) is 11.7 Å². The van der Waals surface area contributed by atoms with Gasteiger partial charge in [-0.1, -0.05) is 66.7 Å². The van der Waals surface area contributed by atoms with Crippen LogP contribution in [0.15, 0.2) is 102 Å². The fourth-order valence-electron chi connectivity index (χ4n) is 7.18. The molecule has 2 aliphatic heterocycles. The Kier molecular flexibility index (Phi) is 4.97. The Labute approximate surface area is 235 Å². The van der Waals surface area contributed by atoms with Gasteiger partial charge in [0.25, 0.3) is 5.91 Å². The molecule has 4 aromatic rings. The van der Waals surface area contributed by atoms with E-state index < -0.39 is 23.2 Å². The molecule has 1 saturated heterocycles. The molecule has 2 heterocycles. The summed E-state index contributed by atoms with van der Waals surface area (Å²) >= 11 is 0. The van der Waals surface area contributed by atoms with Crippen molar-refractivity contribution < 1.29 is 23.9 Å². The van der Waals surface area contributed by atoms with Crippen LogP contribution < -0.4 is 19.8 Å². The van der Waals surface area contributed by atoms with Crippen molar-refractivity contribution in [2.24, 2.45) is 16.9 Å². The second-order valence-corrected chi connectivity index (χ2v) is 10.6.